The van der Waals surface area contributed by atoms with Gasteiger partial charge in [0.15, 0.2) is 0 Å². The molecule has 0 radical (unpaired) electrons. The lowest BCUT2D eigenvalue weighted by molar-refractivity contribution is 0.0199. The van der Waals surface area contributed by atoms with E-state index < -0.39 is 0 Å². The van der Waals surface area contributed by atoms with Crippen LogP contribution in [0, 0.1) is 6.92 Å². The maximum atomic E-state index is 5.77. The Labute approximate surface area is 114 Å². The first kappa shape index (κ1) is 12.4. The molecule has 0 fully saturated rings. The fraction of sp³-hybridized carbons (Fsp3) is 0.294. The Kier molecular flexibility index (Phi) is 3.62. The van der Waals surface area contributed by atoms with E-state index in [0.29, 0.717) is 6.73 Å². The summed E-state index contributed by atoms with van der Waals surface area (Å²) in [6, 6.07) is 17.2. The third-order valence-electron chi connectivity index (χ3n) is 3.54. The van der Waals surface area contributed by atoms with E-state index in [0.717, 1.165) is 19.7 Å². The van der Waals surface area contributed by atoms with Crippen LogP contribution in [0.3, 0.4) is 0 Å². The smallest absolute Gasteiger partial charge is 0.100 e. The predicted molar refractivity (Wildman–Crippen MR) is 76.5 cm³/mol. The molecule has 2 nitrogen and oxygen atoms in total. The number of benzene rings is 2. The van der Waals surface area contributed by atoms with Gasteiger partial charge in [-0.15, -0.1) is 0 Å². The van der Waals surface area contributed by atoms with Gasteiger partial charge in [0.2, 0.25) is 0 Å². The second-order valence-electron chi connectivity index (χ2n) is 5.22. The van der Waals surface area contributed by atoms with Crippen LogP contribution in [0.1, 0.15) is 22.3 Å². The molecule has 0 aromatic heterocycles. The van der Waals surface area contributed by atoms with Crippen molar-refractivity contribution in [3.8, 4) is 0 Å². The van der Waals surface area contributed by atoms with Crippen molar-refractivity contribution in [2.24, 2.45) is 0 Å². The lowest BCUT2D eigenvalue weighted by Gasteiger charge is -2.19. The molecule has 1 aliphatic heterocycles. The maximum absolute atomic E-state index is 5.77. The number of hydrogen-bond acceptors (Lipinski definition) is 2. The van der Waals surface area contributed by atoms with E-state index in [4.69, 9.17) is 4.74 Å². The van der Waals surface area contributed by atoms with Crippen LogP contribution in [-0.4, -0.2) is 11.6 Å². The first-order valence-corrected chi connectivity index (χ1v) is 6.74. The van der Waals surface area contributed by atoms with Crippen LogP contribution >= 0.6 is 0 Å². The number of rotatable bonds is 2. The van der Waals surface area contributed by atoms with E-state index >= 15 is 0 Å². The Morgan fingerprint density at radius 1 is 1.05 bits per heavy atom. The Morgan fingerprint density at radius 2 is 1.89 bits per heavy atom. The van der Waals surface area contributed by atoms with Crippen molar-refractivity contribution in [2.45, 2.75) is 26.6 Å². The van der Waals surface area contributed by atoms with Crippen LogP contribution in [0.15, 0.2) is 48.5 Å². The number of hydrogen-bond donors (Lipinski definition) is 0. The summed E-state index contributed by atoms with van der Waals surface area (Å²) in [6.45, 7) is 5.47. The summed E-state index contributed by atoms with van der Waals surface area (Å²) < 4.78 is 5.77. The number of ether oxygens (including phenoxy) is 1. The van der Waals surface area contributed by atoms with Gasteiger partial charge in [0, 0.05) is 13.1 Å². The van der Waals surface area contributed by atoms with Gasteiger partial charge in [0.1, 0.15) is 6.73 Å². The standard InChI is InChI=1S/C17H19NO/c1-14-7-8-16-12-19-13-18(11-17(16)9-14)10-15-5-3-2-4-6-15/h2-9H,10-13H2,1H3. The highest BCUT2D eigenvalue weighted by molar-refractivity contribution is 5.31. The van der Waals surface area contributed by atoms with E-state index in [1.807, 2.05) is 0 Å². The van der Waals surface area contributed by atoms with Crippen molar-refractivity contribution in [1.29, 1.82) is 0 Å². The minimum absolute atomic E-state index is 0.697. The van der Waals surface area contributed by atoms with E-state index in [9.17, 15) is 0 Å². The summed E-state index contributed by atoms with van der Waals surface area (Å²) in [4.78, 5) is 2.35. The lowest BCUT2D eigenvalue weighted by Crippen LogP contribution is -2.23. The van der Waals surface area contributed by atoms with Gasteiger partial charge in [-0.2, -0.15) is 0 Å². The van der Waals surface area contributed by atoms with Crippen molar-refractivity contribution in [3.05, 3.63) is 70.8 Å². The Bertz CT molecular complexity index is 550. The van der Waals surface area contributed by atoms with Gasteiger partial charge in [-0.3, -0.25) is 4.90 Å². The monoisotopic (exact) mass is 253 g/mol. The molecular weight excluding hydrogens is 234 g/mol. The quantitative estimate of drug-likeness (QED) is 0.812. The van der Waals surface area contributed by atoms with Crippen LogP contribution in [-0.2, 0) is 24.4 Å². The zero-order valence-corrected chi connectivity index (χ0v) is 11.3. The Morgan fingerprint density at radius 3 is 2.74 bits per heavy atom. The molecule has 2 aromatic rings. The summed E-state index contributed by atoms with van der Waals surface area (Å²) in [6.07, 6.45) is 0. The summed E-state index contributed by atoms with van der Waals surface area (Å²) in [5, 5.41) is 0. The molecule has 1 aliphatic rings. The first-order chi connectivity index (χ1) is 9.31. The van der Waals surface area contributed by atoms with Gasteiger partial charge in [0.25, 0.3) is 0 Å². The number of aryl methyl sites for hydroxylation is 1. The molecule has 2 heteroatoms. The minimum atomic E-state index is 0.697. The van der Waals surface area contributed by atoms with Crippen LogP contribution in [0.2, 0.25) is 0 Å². The zero-order chi connectivity index (χ0) is 13.1. The molecule has 0 spiro atoms. The highest BCUT2D eigenvalue weighted by Crippen LogP contribution is 2.20. The fourth-order valence-electron chi connectivity index (χ4n) is 2.56. The normalized spacial score (nSPS) is 15.8. The van der Waals surface area contributed by atoms with Crippen molar-refractivity contribution < 1.29 is 4.74 Å². The first-order valence-electron chi connectivity index (χ1n) is 6.74. The third-order valence-corrected chi connectivity index (χ3v) is 3.54. The van der Waals surface area contributed by atoms with E-state index in [1.54, 1.807) is 0 Å². The maximum Gasteiger partial charge on any atom is 0.100 e. The van der Waals surface area contributed by atoms with Gasteiger partial charge in [-0.25, -0.2) is 0 Å². The summed E-state index contributed by atoms with van der Waals surface area (Å²) in [7, 11) is 0. The molecule has 0 atom stereocenters. The Hall–Kier alpha value is -1.64. The SMILES string of the molecule is Cc1ccc2c(c1)CN(Cc1ccccc1)COC2. The number of nitrogens with zero attached hydrogens (tertiary/aromatic N) is 1. The van der Waals surface area contributed by atoms with Gasteiger partial charge < -0.3 is 4.74 Å². The molecule has 19 heavy (non-hydrogen) atoms. The minimum Gasteiger partial charge on any atom is -0.361 e. The second-order valence-corrected chi connectivity index (χ2v) is 5.22. The van der Waals surface area contributed by atoms with E-state index in [-0.39, 0.29) is 0 Å². The molecule has 2 aromatic carbocycles. The average molecular weight is 253 g/mol. The molecule has 98 valence electrons. The summed E-state index contributed by atoms with van der Waals surface area (Å²) >= 11 is 0. The Balaban J connectivity index is 1.78. The molecule has 0 bridgehead atoms. The van der Waals surface area contributed by atoms with Gasteiger partial charge in [0.05, 0.1) is 6.61 Å². The van der Waals surface area contributed by atoms with E-state index in [1.165, 1.54) is 22.3 Å². The van der Waals surface area contributed by atoms with Crippen LogP contribution in [0.5, 0.6) is 0 Å². The van der Waals surface area contributed by atoms with Crippen molar-refractivity contribution in [1.82, 2.24) is 4.90 Å². The van der Waals surface area contributed by atoms with Gasteiger partial charge in [-0.1, -0.05) is 54.1 Å². The summed E-state index contributed by atoms with van der Waals surface area (Å²) in [5.74, 6) is 0. The highest BCUT2D eigenvalue weighted by Gasteiger charge is 2.14. The molecule has 0 N–H and O–H groups in total. The molecule has 0 saturated heterocycles. The lowest BCUT2D eigenvalue weighted by atomic mass is 10.0. The van der Waals surface area contributed by atoms with Crippen molar-refractivity contribution >= 4 is 0 Å². The molecule has 0 amide bonds. The molecule has 0 unspecified atom stereocenters. The van der Waals surface area contributed by atoms with Crippen molar-refractivity contribution in [3.63, 3.8) is 0 Å². The fourth-order valence-corrected chi connectivity index (χ4v) is 2.56. The van der Waals surface area contributed by atoms with Crippen LogP contribution in [0.4, 0.5) is 0 Å². The second kappa shape index (κ2) is 5.55. The average Bonchev–Trinajstić information content (AvgIpc) is 2.61. The molecule has 0 saturated carbocycles. The zero-order valence-electron chi connectivity index (χ0n) is 11.3. The molecule has 3 rings (SSSR count). The van der Waals surface area contributed by atoms with Crippen LogP contribution in [0.25, 0.3) is 0 Å². The van der Waals surface area contributed by atoms with E-state index in [2.05, 4.69) is 60.4 Å². The van der Waals surface area contributed by atoms with Crippen molar-refractivity contribution in [2.75, 3.05) is 6.73 Å². The summed E-state index contributed by atoms with van der Waals surface area (Å²) in [5.41, 5.74) is 5.37. The predicted octanol–water partition coefficient (Wildman–Crippen LogP) is 3.48. The van der Waals surface area contributed by atoms with Crippen LogP contribution < -0.4 is 0 Å². The largest absolute Gasteiger partial charge is 0.361 e. The molecule has 1 heterocycles. The number of fused-ring (bicyclic) bond motifs is 1. The third kappa shape index (κ3) is 3.03. The topological polar surface area (TPSA) is 12.5 Å². The molecular formula is C17H19NO. The highest BCUT2D eigenvalue weighted by atomic mass is 16.5. The van der Waals surface area contributed by atoms with Gasteiger partial charge in [-0.05, 0) is 23.6 Å². The molecule has 0 aliphatic carbocycles. The van der Waals surface area contributed by atoms with Gasteiger partial charge >= 0.3 is 0 Å².